The fraction of sp³-hybridized carbons (Fsp3) is 0.667. The Morgan fingerprint density at radius 1 is 1.38 bits per heavy atom. The summed E-state index contributed by atoms with van der Waals surface area (Å²) in [6.07, 6.45) is 2.20. The van der Waals surface area contributed by atoms with Crippen molar-refractivity contribution in [1.82, 2.24) is 5.32 Å². The molecular formula is C18H28FNO. The predicted octanol–water partition coefficient (Wildman–Crippen LogP) is 3.86. The van der Waals surface area contributed by atoms with E-state index in [1.807, 2.05) is 13.0 Å². The van der Waals surface area contributed by atoms with Crippen molar-refractivity contribution in [3.8, 4) is 0 Å². The lowest BCUT2D eigenvalue weighted by Gasteiger charge is -2.36. The van der Waals surface area contributed by atoms with Crippen molar-refractivity contribution in [3.05, 3.63) is 35.1 Å². The van der Waals surface area contributed by atoms with Gasteiger partial charge in [-0.1, -0.05) is 6.07 Å². The lowest BCUT2D eigenvalue weighted by atomic mass is 9.75. The third kappa shape index (κ3) is 4.04. The molecule has 1 heterocycles. The van der Waals surface area contributed by atoms with E-state index in [4.69, 9.17) is 4.74 Å². The molecule has 0 saturated carbocycles. The normalized spacial score (nSPS) is 26.3. The third-order valence-electron chi connectivity index (χ3n) is 4.65. The molecule has 0 bridgehead atoms. The van der Waals surface area contributed by atoms with Crippen LogP contribution >= 0.6 is 0 Å². The molecule has 1 aliphatic heterocycles. The molecule has 0 radical (unpaired) electrons. The number of hydrogen-bond donors (Lipinski definition) is 1. The molecular weight excluding hydrogens is 265 g/mol. The van der Waals surface area contributed by atoms with Gasteiger partial charge >= 0.3 is 0 Å². The summed E-state index contributed by atoms with van der Waals surface area (Å²) in [6, 6.07) is 5.11. The Balaban J connectivity index is 2.20. The molecule has 0 aromatic heterocycles. The first-order valence-electron chi connectivity index (χ1n) is 7.84. The quantitative estimate of drug-likeness (QED) is 0.910. The van der Waals surface area contributed by atoms with Crippen molar-refractivity contribution in [3.63, 3.8) is 0 Å². The first kappa shape index (κ1) is 16.4. The number of halogens is 1. The Bertz CT molecular complexity index is 494. The van der Waals surface area contributed by atoms with Gasteiger partial charge in [-0.05, 0) is 70.7 Å². The summed E-state index contributed by atoms with van der Waals surface area (Å²) in [5, 5.41) is 3.63. The van der Waals surface area contributed by atoms with Gasteiger partial charge in [-0.2, -0.15) is 0 Å². The summed E-state index contributed by atoms with van der Waals surface area (Å²) in [5.41, 5.74) is 2.44. The van der Waals surface area contributed by atoms with Crippen LogP contribution in [0.5, 0.6) is 0 Å². The molecule has 0 aliphatic carbocycles. The molecule has 1 N–H and O–H groups in total. The second-order valence-corrected chi connectivity index (χ2v) is 7.48. The number of benzene rings is 1. The van der Waals surface area contributed by atoms with E-state index in [1.165, 1.54) is 5.56 Å². The number of hydrogen-bond acceptors (Lipinski definition) is 2. The molecule has 1 aromatic carbocycles. The van der Waals surface area contributed by atoms with Gasteiger partial charge in [0.1, 0.15) is 5.82 Å². The zero-order valence-corrected chi connectivity index (χ0v) is 13.9. The van der Waals surface area contributed by atoms with E-state index in [0.717, 1.165) is 31.6 Å². The van der Waals surface area contributed by atoms with Crippen LogP contribution < -0.4 is 5.32 Å². The van der Waals surface area contributed by atoms with Gasteiger partial charge in [0.15, 0.2) is 0 Å². The van der Waals surface area contributed by atoms with Crippen LogP contribution in [0.4, 0.5) is 4.39 Å². The van der Waals surface area contributed by atoms with Gasteiger partial charge in [0.25, 0.3) is 0 Å². The van der Waals surface area contributed by atoms with Crippen molar-refractivity contribution >= 4 is 0 Å². The maximum Gasteiger partial charge on any atom is 0.123 e. The number of nitrogens with one attached hydrogen (secondary N) is 1. The van der Waals surface area contributed by atoms with Gasteiger partial charge in [-0.15, -0.1) is 0 Å². The SMILES string of the molecule is Cc1cc(F)ccc1CC1(CNC(C)(C)C)CCOC1C. The summed E-state index contributed by atoms with van der Waals surface area (Å²) in [6.45, 7) is 12.4. The lowest BCUT2D eigenvalue weighted by molar-refractivity contribution is 0.0597. The lowest BCUT2D eigenvalue weighted by Crippen LogP contribution is -2.47. The zero-order chi connectivity index (χ0) is 15.7. The molecule has 2 rings (SSSR count). The molecule has 118 valence electrons. The number of rotatable bonds is 4. The molecule has 21 heavy (non-hydrogen) atoms. The molecule has 2 unspecified atom stereocenters. The van der Waals surface area contributed by atoms with Gasteiger partial charge in [0, 0.05) is 24.1 Å². The number of ether oxygens (including phenoxy) is 1. The van der Waals surface area contributed by atoms with Crippen LogP contribution in [0.25, 0.3) is 0 Å². The first-order valence-corrected chi connectivity index (χ1v) is 7.84. The molecule has 1 aromatic rings. The van der Waals surface area contributed by atoms with Gasteiger partial charge in [-0.3, -0.25) is 0 Å². The van der Waals surface area contributed by atoms with Crippen molar-refractivity contribution in [2.24, 2.45) is 5.41 Å². The average Bonchev–Trinajstić information content (AvgIpc) is 2.72. The Hall–Kier alpha value is -0.930. The molecule has 2 nitrogen and oxygen atoms in total. The second kappa shape index (κ2) is 6.05. The fourth-order valence-electron chi connectivity index (χ4n) is 3.02. The van der Waals surface area contributed by atoms with E-state index in [2.05, 4.69) is 33.0 Å². The minimum Gasteiger partial charge on any atom is -0.378 e. The molecule has 0 amide bonds. The van der Waals surface area contributed by atoms with Crippen LogP contribution in [-0.4, -0.2) is 24.8 Å². The van der Waals surface area contributed by atoms with E-state index >= 15 is 0 Å². The van der Waals surface area contributed by atoms with Crippen molar-refractivity contribution in [2.75, 3.05) is 13.2 Å². The minimum absolute atomic E-state index is 0.0904. The number of aryl methyl sites for hydroxylation is 1. The van der Waals surface area contributed by atoms with Gasteiger partial charge in [0.2, 0.25) is 0 Å². The highest BCUT2D eigenvalue weighted by Crippen LogP contribution is 2.38. The smallest absolute Gasteiger partial charge is 0.123 e. The standard InChI is InChI=1S/C18H28FNO/c1-13-10-16(19)7-6-15(13)11-18(8-9-21-14(18)2)12-20-17(3,4)5/h6-7,10,14,20H,8-9,11-12H2,1-5H3. The molecule has 3 heteroatoms. The third-order valence-corrected chi connectivity index (χ3v) is 4.65. The van der Waals surface area contributed by atoms with E-state index in [-0.39, 0.29) is 22.9 Å². The van der Waals surface area contributed by atoms with E-state index in [1.54, 1.807) is 12.1 Å². The Morgan fingerprint density at radius 2 is 2.10 bits per heavy atom. The van der Waals surface area contributed by atoms with Crippen molar-refractivity contribution in [1.29, 1.82) is 0 Å². The molecule has 2 atom stereocenters. The van der Waals surface area contributed by atoms with Crippen LogP contribution in [0.1, 0.15) is 45.2 Å². The van der Waals surface area contributed by atoms with Crippen molar-refractivity contribution in [2.45, 2.75) is 59.1 Å². The molecule has 0 spiro atoms. The molecule has 1 aliphatic rings. The van der Waals surface area contributed by atoms with Crippen LogP contribution in [0.15, 0.2) is 18.2 Å². The van der Waals surface area contributed by atoms with E-state index < -0.39 is 0 Å². The van der Waals surface area contributed by atoms with E-state index in [0.29, 0.717) is 0 Å². The minimum atomic E-state index is -0.158. The van der Waals surface area contributed by atoms with Gasteiger partial charge in [0.05, 0.1) is 6.10 Å². The maximum absolute atomic E-state index is 13.3. The van der Waals surface area contributed by atoms with Gasteiger partial charge < -0.3 is 10.1 Å². The Morgan fingerprint density at radius 3 is 2.62 bits per heavy atom. The second-order valence-electron chi connectivity index (χ2n) is 7.48. The van der Waals surface area contributed by atoms with Crippen molar-refractivity contribution < 1.29 is 9.13 Å². The average molecular weight is 293 g/mol. The maximum atomic E-state index is 13.3. The van der Waals surface area contributed by atoms with E-state index in [9.17, 15) is 4.39 Å². The largest absolute Gasteiger partial charge is 0.378 e. The summed E-state index contributed by atoms with van der Waals surface area (Å²) < 4.78 is 19.2. The van der Waals surface area contributed by atoms with Crippen LogP contribution in [0.3, 0.4) is 0 Å². The topological polar surface area (TPSA) is 21.3 Å². The predicted molar refractivity (Wildman–Crippen MR) is 85.1 cm³/mol. The summed E-state index contributed by atoms with van der Waals surface area (Å²) in [4.78, 5) is 0. The summed E-state index contributed by atoms with van der Waals surface area (Å²) in [5.74, 6) is -0.158. The molecule has 1 fully saturated rings. The van der Waals surface area contributed by atoms with Crippen LogP contribution in [0, 0.1) is 18.2 Å². The fourth-order valence-corrected chi connectivity index (χ4v) is 3.02. The monoisotopic (exact) mass is 293 g/mol. The first-order chi connectivity index (χ1) is 9.72. The van der Waals surface area contributed by atoms with Crippen LogP contribution in [-0.2, 0) is 11.2 Å². The van der Waals surface area contributed by atoms with Crippen LogP contribution in [0.2, 0.25) is 0 Å². The Labute approximate surface area is 128 Å². The summed E-state index contributed by atoms with van der Waals surface area (Å²) in [7, 11) is 0. The highest BCUT2D eigenvalue weighted by Gasteiger charge is 2.42. The van der Waals surface area contributed by atoms with Gasteiger partial charge in [-0.25, -0.2) is 4.39 Å². The zero-order valence-electron chi connectivity index (χ0n) is 13.9. The molecule has 1 saturated heterocycles. The highest BCUT2D eigenvalue weighted by molar-refractivity contribution is 5.28. The Kier molecular flexibility index (Phi) is 4.74. The summed E-state index contributed by atoms with van der Waals surface area (Å²) >= 11 is 0. The highest BCUT2D eigenvalue weighted by atomic mass is 19.1.